The molecule has 0 atom stereocenters. The zero-order valence-corrected chi connectivity index (χ0v) is 12.1. The highest BCUT2D eigenvalue weighted by molar-refractivity contribution is 5.09. The second-order valence-electron chi connectivity index (χ2n) is 5.26. The highest BCUT2D eigenvalue weighted by Gasteiger charge is 2.35. The molecule has 1 saturated carbocycles. The summed E-state index contributed by atoms with van der Waals surface area (Å²) in [5, 5.41) is 3.31. The standard InChI is InChI=1S/C15H25N3O/c1-3-16-12-13-8-11-17-14(18-13)15(19-2)9-6-4-5-7-10-15/h8,11,16H,3-7,9-10,12H2,1-2H3. The van der Waals surface area contributed by atoms with E-state index in [1.165, 1.54) is 25.7 Å². The van der Waals surface area contributed by atoms with E-state index in [-0.39, 0.29) is 5.60 Å². The Morgan fingerprint density at radius 2 is 2.00 bits per heavy atom. The van der Waals surface area contributed by atoms with Crippen LogP contribution in [0.3, 0.4) is 0 Å². The van der Waals surface area contributed by atoms with E-state index in [2.05, 4.69) is 17.2 Å². The van der Waals surface area contributed by atoms with Crippen molar-refractivity contribution in [1.82, 2.24) is 15.3 Å². The summed E-state index contributed by atoms with van der Waals surface area (Å²) < 4.78 is 5.86. The Bertz CT molecular complexity index is 387. The largest absolute Gasteiger partial charge is 0.370 e. The van der Waals surface area contributed by atoms with Crippen LogP contribution in [0.4, 0.5) is 0 Å². The van der Waals surface area contributed by atoms with Gasteiger partial charge in [0.25, 0.3) is 0 Å². The van der Waals surface area contributed by atoms with Crippen molar-refractivity contribution in [3.63, 3.8) is 0 Å². The molecule has 0 aliphatic heterocycles. The van der Waals surface area contributed by atoms with E-state index in [0.29, 0.717) is 0 Å². The fraction of sp³-hybridized carbons (Fsp3) is 0.733. The third kappa shape index (κ3) is 3.51. The number of hydrogen-bond acceptors (Lipinski definition) is 4. The van der Waals surface area contributed by atoms with Crippen molar-refractivity contribution < 1.29 is 4.74 Å². The Morgan fingerprint density at radius 3 is 2.63 bits per heavy atom. The zero-order chi connectivity index (χ0) is 13.6. The first-order valence-corrected chi connectivity index (χ1v) is 7.39. The molecule has 1 N–H and O–H groups in total. The SMILES string of the molecule is CCNCc1ccnc(C2(OC)CCCCCC2)n1. The molecule has 0 spiro atoms. The van der Waals surface area contributed by atoms with E-state index >= 15 is 0 Å². The summed E-state index contributed by atoms with van der Waals surface area (Å²) in [5.74, 6) is 0.868. The fourth-order valence-electron chi connectivity index (χ4n) is 2.79. The molecule has 4 heteroatoms. The average Bonchev–Trinajstić information content (AvgIpc) is 2.72. The van der Waals surface area contributed by atoms with Gasteiger partial charge in [-0.15, -0.1) is 0 Å². The van der Waals surface area contributed by atoms with Crippen molar-refractivity contribution in [3.8, 4) is 0 Å². The molecule has 1 aliphatic rings. The maximum atomic E-state index is 5.86. The van der Waals surface area contributed by atoms with E-state index in [1.807, 2.05) is 12.3 Å². The molecular weight excluding hydrogens is 238 g/mol. The number of rotatable bonds is 5. The first-order valence-electron chi connectivity index (χ1n) is 7.39. The van der Waals surface area contributed by atoms with Crippen LogP contribution in [0.1, 0.15) is 57.0 Å². The van der Waals surface area contributed by atoms with Gasteiger partial charge in [-0.2, -0.15) is 0 Å². The smallest absolute Gasteiger partial charge is 0.160 e. The average molecular weight is 263 g/mol. The number of nitrogens with one attached hydrogen (secondary N) is 1. The topological polar surface area (TPSA) is 47.0 Å². The summed E-state index contributed by atoms with van der Waals surface area (Å²) in [6, 6.07) is 1.98. The molecule has 0 unspecified atom stereocenters. The van der Waals surface area contributed by atoms with Crippen LogP contribution in [0, 0.1) is 0 Å². The molecule has 0 radical (unpaired) electrons. The lowest BCUT2D eigenvalue weighted by atomic mass is 9.93. The second-order valence-corrected chi connectivity index (χ2v) is 5.26. The first kappa shape index (κ1) is 14.4. The molecule has 1 fully saturated rings. The Hall–Kier alpha value is -1.00. The van der Waals surface area contributed by atoms with Gasteiger partial charge < -0.3 is 10.1 Å². The third-order valence-electron chi connectivity index (χ3n) is 3.98. The minimum Gasteiger partial charge on any atom is -0.370 e. The van der Waals surface area contributed by atoms with E-state index in [4.69, 9.17) is 9.72 Å². The van der Waals surface area contributed by atoms with Crippen molar-refractivity contribution in [2.45, 2.75) is 57.6 Å². The summed E-state index contributed by atoms with van der Waals surface area (Å²) >= 11 is 0. The molecule has 0 aromatic carbocycles. The van der Waals surface area contributed by atoms with Crippen LogP contribution in [-0.4, -0.2) is 23.6 Å². The molecule has 0 saturated heterocycles. The van der Waals surface area contributed by atoms with Gasteiger partial charge in [0.15, 0.2) is 5.82 Å². The summed E-state index contributed by atoms with van der Waals surface area (Å²) in [7, 11) is 1.80. The molecule has 19 heavy (non-hydrogen) atoms. The number of nitrogens with zero attached hydrogens (tertiary/aromatic N) is 2. The maximum absolute atomic E-state index is 5.86. The molecule has 1 aromatic rings. The predicted molar refractivity (Wildman–Crippen MR) is 75.8 cm³/mol. The summed E-state index contributed by atoms with van der Waals surface area (Å²) in [5.41, 5.74) is 0.783. The van der Waals surface area contributed by atoms with Crippen molar-refractivity contribution in [3.05, 3.63) is 23.8 Å². The summed E-state index contributed by atoms with van der Waals surface area (Å²) in [6.07, 6.45) is 8.93. The lowest BCUT2D eigenvalue weighted by Crippen LogP contribution is -2.31. The van der Waals surface area contributed by atoms with E-state index < -0.39 is 0 Å². The normalized spacial score (nSPS) is 19.1. The van der Waals surface area contributed by atoms with Crippen LogP contribution in [-0.2, 0) is 16.9 Å². The minimum atomic E-state index is -0.265. The van der Waals surface area contributed by atoms with Gasteiger partial charge in [0.2, 0.25) is 0 Å². The summed E-state index contributed by atoms with van der Waals surface area (Å²) in [4.78, 5) is 9.21. The van der Waals surface area contributed by atoms with Gasteiger partial charge >= 0.3 is 0 Å². The number of methoxy groups -OCH3 is 1. The van der Waals surface area contributed by atoms with Crippen LogP contribution in [0.25, 0.3) is 0 Å². The number of hydrogen-bond donors (Lipinski definition) is 1. The summed E-state index contributed by atoms with van der Waals surface area (Å²) in [6.45, 7) is 3.85. The highest BCUT2D eigenvalue weighted by Crippen LogP contribution is 2.37. The van der Waals surface area contributed by atoms with Crippen LogP contribution in [0.2, 0.25) is 0 Å². The van der Waals surface area contributed by atoms with Crippen molar-refractivity contribution >= 4 is 0 Å². The molecule has 0 bridgehead atoms. The van der Waals surface area contributed by atoms with Crippen LogP contribution < -0.4 is 5.32 Å². The van der Waals surface area contributed by atoms with Crippen molar-refractivity contribution in [2.75, 3.05) is 13.7 Å². The zero-order valence-electron chi connectivity index (χ0n) is 12.1. The molecule has 1 aromatic heterocycles. The Labute approximate surface area is 116 Å². The quantitative estimate of drug-likeness (QED) is 0.830. The van der Waals surface area contributed by atoms with Crippen LogP contribution in [0.5, 0.6) is 0 Å². The number of aromatic nitrogens is 2. The highest BCUT2D eigenvalue weighted by atomic mass is 16.5. The van der Waals surface area contributed by atoms with Crippen LogP contribution in [0.15, 0.2) is 12.3 Å². The lowest BCUT2D eigenvalue weighted by Gasteiger charge is -2.29. The van der Waals surface area contributed by atoms with Gasteiger partial charge in [0.1, 0.15) is 5.60 Å². The van der Waals surface area contributed by atoms with E-state index in [9.17, 15) is 0 Å². The van der Waals surface area contributed by atoms with E-state index in [1.54, 1.807) is 7.11 Å². The predicted octanol–water partition coefficient (Wildman–Crippen LogP) is 2.78. The second kappa shape index (κ2) is 6.96. The van der Waals surface area contributed by atoms with Gasteiger partial charge in [-0.1, -0.05) is 32.6 Å². The molecule has 1 aliphatic carbocycles. The van der Waals surface area contributed by atoms with Gasteiger partial charge in [-0.3, -0.25) is 0 Å². The number of ether oxygens (including phenoxy) is 1. The Balaban J connectivity index is 2.21. The fourth-order valence-corrected chi connectivity index (χ4v) is 2.79. The van der Waals surface area contributed by atoms with Crippen LogP contribution >= 0.6 is 0 Å². The molecule has 4 nitrogen and oxygen atoms in total. The third-order valence-corrected chi connectivity index (χ3v) is 3.98. The van der Waals surface area contributed by atoms with Gasteiger partial charge in [0, 0.05) is 19.9 Å². The minimum absolute atomic E-state index is 0.265. The molecule has 0 amide bonds. The first-order chi connectivity index (χ1) is 9.30. The van der Waals surface area contributed by atoms with Gasteiger partial charge in [-0.25, -0.2) is 9.97 Å². The van der Waals surface area contributed by atoms with Gasteiger partial charge in [-0.05, 0) is 25.5 Å². The van der Waals surface area contributed by atoms with Gasteiger partial charge in [0.05, 0.1) is 5.69 Å². The van der Waals surface area contributed by atoms with E-state index in [0.717, 1.165) is 37.4 Å². The lowest BCUT2D eigenvalue weighted by molar-refractivity contribution is -0.0353. The Morgan fingerprint density at radius 1 is 1.26 bits per heavy atom. The monoisotopic (exact) mass is 263 g/mol. The van der Waals surface area contributed by atoms with Crippen molar-refractivity contribution in [2.24, 2.45) is 0 Å². The molecule has 1 heterocycles. The van der Waals surface area contributed by atoms with Crippen molar-refractivity contribution in [1.29, 1.82) is 0 Å². The maximum Gasteiger partial charge on any atom is 0.160 e. The molecule has 106 valence electrons. The Kier molecular flexibility index (Phi) is 5.28. The molecular formula is C15H25N3O. The molecule has 2 rings (SSSR count).